The van der Waals surface area contributed by atoms with E-state index >= 15 is 0 Å². The number of urea groups is 1. The lowest BCUT2D eigenvalue weighted by molar-refractivity contribution is -0.124. The number of benzene rings is 1. The Morgan fingerprint density at radius 2 is 2.17 bits per heavy atom. The second-order valence-corrected chi connectivity index (χ2v) is 5.83. The molecule has 4 N–H and O–H groups in total. The number of nitrogens with two attached hydrogens (primary N) is 1. The van der Waals surface area contributed by atoms with Gasteiger partial charge in [0.15, 0.2) is 0 Å². The average molecular weight is 284 g/mol. The molecule has 0 aromatic heterocycles. The summed E-state index contributed by atoms with van der Waals surface area (Å²) < 4.78 is 0. The van der Waals surface area contributed by atoms with Crippen LogP contribution >= 0.6 is 23.4 Å². The number of halogens is 1. The smallest absolute Gasteiger partial charge is 0.322 e. The number of anilines is 1. The van der Waals surface area contributed by atoms with Gasteiger partial charge in [0, 0.05) is 26.9 Å². The second-order valence-electron chi connectivity index (χ2n) is 4.28. The van der Waals surface area contributed by atoms with Crippen LogP contribution in [0.3, 0.4) is 0 Å². The fourth-order valence-electron chi connectivity index (χ4n) is 2.39. The number of amides is 3. The number of carbonyl (C=O) groups is 2. The van der Waals surface area contributed by atoms with Gasteiger partial charge < -0.3 is 11.1 Å². The molecule has 2 aliphatic heterocycles. The van der Waals surface area contributed by atoms with Crippen LogP contribution in [0.5, 0.6) is 0 Å². The van der Waals surface area contributed by atoms with Crippen LogP contribution in [0.2, 0.25) is 5.02 Å². The van der Waals surface area contributed by atoms with Gasteiger partial charge in [-0.15, -0.1) is 11.8 Å². The van der Waals surface area contributed by atoms with Crippen molar-refractivity contribution >= 4 is 41.0 Å². The molecule has 7 heteroatoms. The zero-order valence-corrected chi connectivity index (χ0v) is 10.8. The van der Waals surface area contributed by atoms with Crippen molar-refractivity contribution in [1.29, 1.82) is 0 Å². The maximum Gasteiger partial charge on any atom is 0.322 e. The normalized spacial score (nSPS) is 25.8. The Morgan fingerprint density at radius 3 is 2.83 bits per heavy atom. The van der Waals surface area contributed by atoms with Crippen LogP contribution in [0.15, 0.2) is 17.0 Å². The second kappa shape index (κ2) is 3.80. The first-order valence-corrected chi connectivity index (χ1v) is 6.75. The Bertz CT molecular complexity index is 578. The van der Waals surface area contributed by atoms with Gasteiger partial charge in [-0.05, 0) is 18.6 Å². The number of carbonyl (C=O) groups excluding carboxylic acids is 2. The molecule has 1 aromatic rings. The quantitative estimate of drug-likeness (QED) is 0.497. The number of nitrogen functional groups attached to an aromatic ring is 1. The third-order valence-corrected chi connectivity index (χ3v) is 4.58. The molecular weight excluding hydrogens is 274 g/mol. The van der Waals surface area contributed by atoms with Crippen LogP contribution in [0.1, 0.15) is 12.0 Å². The molecule has 1 aromatic carbocycles. The van der Waals surface area contributed by atoms with Crippen LogP contribution in [-0.2, 0) is 10.3 Å². The van der Waals surface area contributed by atoms with Crippen molar-refractivity contribution in [3.05, 3.63) is 22.7 Å². The topological polar surface area (TPSA) is 84.2 Å². The Hall–Kier alpha value is -1.40. The zero-order valence-electron chi connectivity index (χ0n) is 9.25. The number of hydrogen-bond donors (Lipinski definition) is 3. The molecule has 0 bridgehead atoms. The predicted octanol–water partition coefficient (Wildman–Crippen LogP) is 1.45. The lowest BCUT2D eigenvalue weighted by atomic mass is 9.86. The lowest BCUT2D eigenvalue weighted by Gasteiger charge is -2.33. The van der Waals surface area contributed by atoms with Gasteiger partial charge in [0.1, 0.15) is 5.54 Å². The van der Waals surface area contributed by atoms with Gasteiger partial charge in [-0.1, -0.05) is 11.6 Å². The molecule has 18 heavy (non-hydrogen) atoms. The third-order valence-electron chi connectivity index (χ3n) is 3.21. The van der Waals surface area contributed by atoms with Crippen LogP contribution in [-0.4, -0.2) is 17.7 Å². The molecule has 0 aliphatic carbocycles. The van der Waals surface area contributed by atoms with Crippen molar-refractivity contribution in [2.24, 2.45) is 0 Å². The van der Waals surface area contributed by atoms with E-state index in [1.54, 1.807) is 23.9 Å². The van der Waals surface area contributed by atoms with Crippen molar-refractivity contribution in [1.82, 2.24) is 10.6 Å². The van der Waals surface area contributed by atoms with Crippen LogP contribution in [0, 0.1) is 0 Å². The van der Waals surface area contributed by atoms with E-state index in [4.69, 9.17) is 17.3 Å². The minimum absolute atomic E-state index is 0.337. The first kappa shape index (κ1) is 11.7. The Morgan fingerprint density at radius 1 is 1.39 bits per heavy atom. The maximum atomic E-state index is 12.1. The molecule has 5 nitrogen and oxygen atoms in total. The van der Waals surface area contributed by atoms with E-state index in [9.17, 15) is 9.59 Å². The third kappa shape index (κ3) is 1.49. The van der Waals surface area contributed by atoms with Gasteiger partial charge in [-0.2, -0.15) is 0 Å². The standard InChI is InChI=1S/C11H10ClN3O2S/c12-5-3-6-8(7(13)4-5)18-2-1-11(6)9(16)14-10(17)15-11/h3-4H,1-2,13H2,(H2,14,15,16,17). The van der Waals surface area contributed by atoms with E-state index in [0.717, 1.165) is 4.90 Å². The summed E-state index contributed by atoms with van der Waals surface area (Å²) in [6, 6.07) is 2.88. The van der Waals surface area contributed by atoms with E-state index < -0.39 is 11.6 Å². The van der Waals surface area contributed by atoms with Crippen molar-refractivity contribution in [3.8, 4) is 0 Å². The maximum absolute atomic E-state index is 12.1. The largest absolute Gasteiger partial charge is 0.398 e. The molecule has 1 unspecified atom stereocenters. The zero-order chi connectivity index (χ0) is 12.9. The Labute approximate surface area is 112 Å². The van der Waals surface area contributed by atoms with Crippen molar-refractivity contribution in [2.75, 3.05) is 11.5 Å². The summed E-state index contributed by atoms with van der Waals surface area (Å²) in [5.41, 5.74) is 6.13. The molecule has 3 rings (SSSR count). The summed E-state index contributed by atoms with van der Waals surface area (Å²) in [6.07, 6.45) is 0.530. The molecule has 94 valence electrons. The summed E-state index contributed by atoms with van der Waals surface area (Å²) in [7, 11) is 0. The highest BCUT2D eigenvalue weighted by Crippen LogP contribution is 2.45. The average Bonchev–Trinajstić information content (AvgIpc) is 2.56. The van der Waals surface area contributed by atoms with Gasteiger partial charge in [0.2, 0.25) is 0 Å². The summed E-state index contributed by atoms with van der Waals surface area (Å²) in [6.45, 7) is 0. The monoisotopic (exact) mass is 283 g/mol. The van der Waals surface area contributed by atoms with Crippen molar-refractivity contribution in [2.45, 2.75) is 16.9 Å². The van der Waals surface area contributed by atoms with E-state index in [2.05, 4.69) is 10.6 Å². The molecule has 0 radical (unpaired) electrons. The molecule has 1 spiro atoms. The highest BCUT2D eigenvalue weighted by Gasteiger charge is 2.50. The van der Waals surface area contributed by atoms with Gasteiger partial charge in [-0.3, -0.25) is 10.1 Å². The number of fused-ring (bicyclic) bond motifs is 2. The number of nitrogens with one attached hydrogen (secondary N) is 2. The Kier molecular flexibility index (Phi) is 2.46. The van der Waals surface area contributed by atoms with E-state index in [0.29, 0.717) is 28.4 Å². The molecule has 1 atom stereocenters. The van der Waals surface area contributed by atoms with Crippen molar-refractivity contribution in [3.63, 3.8) is 0 Å². The fraction of sp³-hybridized carbons (Fsp3) is 0.273. The highest BCUT2D eigenvalue weighted by molar-refractivity contribution is 7.99. The van der Waals surface area contributed by atoms with Crippen LogP contribution < -0.4 is 16.4 Å². The minimum atomic E-state index is -1.02. The summed E-state index contributed by atoms with van der Waals surface area (Å²) in [5.74, 6) is 0.378. The highest BCUT2D eigenvalue weighted by atomic mass is 35.5. The number of imide groups is 1. The summed E-state index contributed by atoms with van der Waals surface area (Å²) in [4.78, 5) is 24.3. The van der Waals surface area contributed by atoms with Gasteiger partial charge in [0.05, 0.1) is 0 Å². The van der Waals surface area contributed by atoms with Crippen LogP contribution in [0.25, 0.3) is 0 Å². The molecular formula is C11H10ClN3O2S. The van der Waals surface area contributed by atoms with E-state index in [1.165, 1.54) is 0 Å². The minimum Gasteiger partial charge on any atom is -0.398 e. The number of thioether (sulfide) groups is 1. The van der Waals surface area contributed by atoms with E-state index in [-0.39, 0.29) is 5.91 Å². The number of hydrogen-bond acceptors (Lipinski definition) is 4. The molecule has 0 saturated carbocycles. The number of rotatable bonds is 0. The van der Waals surface area contributed by atoms with Gasteiger partial charge in [0.25, 0.3) is 5.91 Å². The lowest BCUT2D eigenvalue weighted by Crippen LogP contribution is -2.46. The molecule has 1 saturated heterocycles. The van der Waals surface area contributed by atoms with E-state index in [1.807, 2.05) is 0 Å². The summed E-state index contributed by atoms with van der Waals surface area (Å²) in [5, 5.41) is 5.44. The van der Waals surface area contributed by atoms with Crippen LogP contribution in [0.4, 0.5) is 10.5 Å². The SMILES string of the molecule is Nc1cc(Cl)cc2c1SCCC21NC(=O)NC1=O. The summed E-state index contributed by atoms with van der Waals surface area (Å²) >= 11 is 7.57. The van der Waals surface area contributed by atoms with Gasteiger partial charge in [-0.25, -0.2) is 4.79 Å². The molecule has 3 amide bonds. The molecule has 1 fully saturated rings. The fourth-order valence-corrected chi connectivity index (χ4v) is 3.84. The Balaban J connectivity index is 2.23. The molecule has 2 aliphatic rings. The molecule has 2 heterocycles. The van der Waals surface area contributed by atoms with Crippen molar-refractivity contribution < 1.29 is 9.59 Å². The first-order chi connectivity index (χ1) is 8.53. The predicted molar refractivity (Wildman–Crippen MR) is 69.6 cm³/mol. The van der Waals surface area contributed by atoms with Gasteiger partial charge >= 0.3 is 6.03 Å². The first-order valence-electron chi connectivity index (χ1n) is 5.39.